The topological polar surface area (TPSA) is 58.9 Å². The van der Waals surface area contributed by atoms with Gasteiger partial charge in [0, 0.05) is 24.9 Å². The quantitative estimate of drug-likeness (QED) is 0.567. The zero-order valence-electron chi connectivity index (χ0n) is 14.4. The maximum absolute atomic E-state index is 10.5. The highest BCUT2D eigenvalue weighted by molar-refractivity contribution is 5.13. The Balaban J connectivity index is 1.96. The minimum absolute atomic E-state index is 0.142. The Kier molecular flexibility index (Phi) is 6.35. The summed E-state index contributed by atoms with van der Waals surface area (Å²) in [6, 6.07) is 9.94. The van der Waals surface area contributed by atoms with Crippen LogP contribution in [0, 0.1) is 5.41 Å². The predicted octanol–water partition coefficient (Wildman–Crippen LogP) is 3.20. The van der Waals surface area contributed by atoms with E-state index >= 15 is 0 Å². The van der Waals surface area contributed by atoms with Crippen molar-refractivity contribution >= 4 is 0 Å². The summed E-state index contributed by atoms with van der Waals surface area (Å²) in [6.45, 7) is 10.4. The molecule has 132 valence electrons. The molecule has 1 aromatic rings. The highest BCUT2D eigenvalue weighted by Crippen LogP contribution is 2.43. The van der Waals surface area contributed by atoms with Gasteiger partial charge in [-0.25, -0.2) is 0 Å². The highest BCUT2D eigenvalue weighted by atomic mass is 16.6. The van der Waals surface area contributed by atoms with Crippen LogP contribution in [0.2, 0.25) is 0 Å². The molecule has 4 atom stereocenters. The largest absolute Gasteiger partial charge is 0.392 e. The molecule has 0 amide bonds. The standard InChI is InChI=1S/C20H28O4/c1-4-12-20(22)14-17(21)19(3,5-2)18(24-20)11-13-23-15-16-9-7-6-8-10-16/h4-10,17-18,21-22H,1-2,11-15H2,3H3/t17-,18+,19-,20?/m1/s1. The average Bonchev–Trinajstić information content (AvgIpc) is 2.57. The van der Waals surface area contributed by atoms with Crippen LogP contribution in [0.25, 0.3) is 0 Å². The number of hydrogen-bond acceptors (Lipinski definition) is 4. The lowest BCUT2D eigenvalue weighted by molar-refractivity contribution is -0.302. The van der Waals surface area contributed by atoms with E-state index < -0.39 is 17.3 Å². The molecule has 1 aliphatic heterocycles. The number of aliphatic hydroxyl groups excluding tert-OH is 1. The SMILES string of the molecule is C=CCC1(O)C[C@@H](O)[C@@](C)(C=C)[C@H](CCOCc2ccccc2)O1. The summed E-state index contributed by atoms with van der Waals surface area (Å²) in [7, 11) is 0. The molecule has 1 aliphatic rings. The van der Waals surface area contributed by atoms with Crippen LogP contribution in [-0.4, -0.2) is 34.8 Å². The monoisotopic (exact) mass is 332 g/mol. The summed E-state index contributed by atoms with van der Waals surface area (Å²) in [5.74, 6) is -1.38. The summed E-state index contributed by atoms with van der Waals surface area (Å²) in [6.07, 6.45) is 3.19. The first-order valence-corrected chi connectivity index (χ1v) is 8.38. The first-order valence-electron chi connectivity index (χ1n) is 8.38. The van der Waals surface area contributed by atoms with Crippen LogP contribution in [0.5, 0.6) is 0 Å². The first kappa shape index (κ1) is 18.9. The van der Waals surface area contributed by atoms with E-state index in [0.29, 0.717) is 19.6 Å². The minimum atomic E-state index is -1.38. The summed E-state index contributed by atoms with van der Waals surface area (Å²) >= 11 is 0. The lowest BCUT2D eigenvalue weighted by atomic mass is 9.72. The van der Waals surface area contributed by atoms with Gasteiger partial charge in [0.15, 0.2) is 5.79 Å². The molecule has 1 fully saturated rings. The van der Waals surface area contributed by atoms with Crippen molar-refractivity contribution in [2.24, 2.45) is 5.41 Å². The molecule has 24 heavy (non-hydrogen) atoms. The minimum Gasteiger partial charge on any atom is -0.392 e. The van der Waals surface area contributed by atoms with Gasteiger partial charge in [-0.15, -0.1) is 13.2 Å². The highest BCUT2D eigenvalue weighted by Gasteiger charge is 2.50. The van der Waals surface area contributed by atoms with E-state index in [0.717, 1.165) is 5.56 Å². The third kappa shape index (κ3) is 4.33. The summed E-state index contributed by atoms with van der Waals surface area (Å²) in [5.41, 5.74) is 0.487. The third-order valence-corrected chi connectivity index (χ3v) is 4.82. The van der Waals surface area contributed by atoms with Crippen molar-refractivity contribution in [3.8, 4) is 0 Å². The molecule has 4 heteroatoms. The molecule has 4 nitrogen and oxygen atoms in total. The van der Waals surface area contributed by atoms with E-state index in [-0.39, 0.29) is 18.9 Å². The van der Waals surface area contributed by atoms with Crippen LogP contribution in [0.1, 0.15) is 31.7 Å². The van der Waals surface area contributed by atoms with Gasteiger partial charge < -0.3 is 19.7 Å². The van der Waals surface area contributed by atoms with Gasteiger partial charge in [-0.1, -0.05) is 49.4 Å². The van der Waals surface area contributed by atoms with Gasteiger partial charge in [0.1, 0.15) is 0 Å². The van der Waals surface area contributed by atoms with Crippen LogP contribution in [0.15, 0.2) is 55.6 Å². The second kappa shape index (κ2) is 8.08. The van der Waals surface area contributed by atoms with E-state index in [1.807, 2.05) is 37.3 Å². The lowest BCUT2D eigenvalue weighted by Crippen LogP contribution is -2.56. The second-order valence-corrected chi connectivity index (χ2v) is 6.66. The lowest BCUT2D eigenvalue weighted by Gasteiger charge is -2.49. The molecule has 1 unspecified atom stereocenters. The normalized spacial score (nSPS) is 33.1. The summed E-state index contributed by atoms with van der Waals surface area (Å²) < 4.78 is 11.6. The number of hydrogen-bond donors (Lipinski definition) is 2. The first-order chi connectivity index (χ1) is 11.4. The summed E-state index contributed by atoms with van der Waals surface area (Å²) in [4.78, 5) is 0. The van der Waals surface area contributed by atoms with Crippen molar-refractivity contribution < 1.29 is 19.7 Å². The van der Waals surface area contributed by atoms with Crippen molar-refractivity contribution in [3.05, 3.63) is 61.2 Å². The van der Waals surface area contributed by atoms with Crippen molar-refractivity contribution in [2.45, 2.75) is 50.8 Å². The Morgan fingerprint density at radius 3 is 2.67 bits per heavy atom. The zero-order chi connectivity index (χ0) is 17.6. The molecular formula is C20H28O4. The summed E-state index contributed by atoms with van der Waals surface area (Å²) in [5, 5.41) is 21.1. The maximum Gasteiger partial charge on any atom is 0.171 e. The molecule has 0 saturated carbocycles. The Labute approximate surface area is 144 Å². The number of rotatable bonds is 8. The second-order valence-electron chi connectivity index (χ2n) is 6.66. The van der Waals surface area contributed by atoms with E-state index in [4.69, 9.17) is 9.47 Å². The number of benzene rings is 1. The van der Waals surface area contributed by atoms with Gasteiger partial charge >= 0.3 is 0 Å². The molecule has 0 spiro atoms. The van der Waals surface area contributed by atoms with Gasteiger partial charge in [0.05, 0.1) is 18.8 Å². The van der Waals surface area contributed by atoms with Crippen molar-refractivity contribution in [2.75, 3.05) is 6.61 Å². The molecule has 1 heterocycles. The Morgan fingerprint density at radius 2 is 2.04 bits per heavy atom. The van der Waals surface area contributed by atoms with E-state index in [9.17, 15) is 10.2 Å². The third-order valence-electron chi connectivity index (χ3n) is 4.82. The van der Waals surface area contributed by atoms with Crippen molar-refractivity contribution in [1.29, 1.82) is 0 Å². The number of ether oxygens (including phenoxy) is 2. The fraction of sp³-hybridized carbons (Fsp3) is 0.500. The van der Waals surface area contributed by atoms with Crippen LogP contribution < -0.4 is 0 Å². The molecule has 2 N–H and O–H groups in total. The molecule has 1 saturated heterocycles. The molecular weight excluding hydrogens is 304 g/mol. The van der Waals surface area contributed by atoms with Gasteiger partial charge in [0.2, 0.25) is 0 Å². The maximum atomic E-state index is 10.5. The fourth-order valence-electron chi connectivity index (χ4n) is 3.13. The molecule has 2 rings (SSSR count). The molecule has 0 radical (unpaired) electrons. The average molecular weight is 332 g/mol. The van der Waals surface area contributed by atoms with E-state index in [1.165, 1.54) is 0 Å². The van der Waals surface area contributed by atoms with E-state index in [2.05, 4.69) is 13.2 Å². The molecule has 0 aliphatic carbocycles. The molecule has 0 bridgehead atoms. The predicted molar refractivity (Wildman–Crippen MR) is 94.3 cm³/mol. The fourth-order valence-corrected chi connectivity index (χ4v) is 3.13. The Bertz CT molecular complexity index is 544. The van der Waals surface area contributed by atoms with Gasteiger partial charge in [-0.2, -0.15) is 0 Å². The van der Waals surface area contributed by atoms with Crippen LogP contribution >= 0.6 is 0 Å². The van der Waals surface area contributed by atoms with Gasteiger partial charge in [0.25, 0.3) is 0 Å². The Morgan fingerprint density at radius 1 is 1.33 bits per heavy atom. The van der Waals surface area contributed by atoms with Gasteiger partial charge in [-0.05, 0) is 12.0 Å². The molecule has 1 aromatic carbocycles. The molecule has 0 aromatic heterocycles. The van der Waals surface area contributed by atoms with Gasteiger partial charge in [-0.3, -0.25) is 0 Å². The van der Waals surface area contributed by atoms with Crippen LogP contribution in [0.4, 0.5) is 0 Å². The zero-order valence-corrected chi connectivity index (χ0v) is 14.4. The Hall–Kier alpha value is -1.46. The smallest absolute Gasteiger partial charge is 0.171 e. The van der Waals surface area contributed by atoms with Crippen molar-refractivity contribution in [3.63, 3.8) is 0 Å². The van der Waals surface area contributed by atoms with Crippen LogP contribution in [0.3, 0.4) is 0 Å². The van der Waals surface area contributed by atoms with Crippen molar-refractivity contribution in [1.82, 2.24) is 0 Å². The van der Waals surface area contributed by atoms with Crippen LogP contribution in [-0.2, 0) is 16.1 Å². The van der Waals surface area contributed by atoms with E-state index in [1.54, 1.807) is 12.2 Å². The number of aliphatic hydroxyl groups is 2.